The van der Waals surface area contributed by atoms with Crippen LogP contribution in [0.1, 0.15) is 26.3 Å². The maximum atomic E-state index is 5.65. The second-order valence-corrected chi connectivity index (χ2v) is 5.32. The fourth-order valence-corrected chi connectivity index (χ4v) is 2.36. The SMILES string of the molecule is CC(C)Oc1ccc(CC2NCCNC2C)cc1. The number of nitrogens with one attached hydrogen (secondary N) is 2. The lowest BCUT2D eigenvalue weighted by Gasteiger charge is -2.31. The van der Waals surface area contributed by atoms with Crippen LogP contribution in [0.2, 0.25) is 0 Å². The van der Waals surface area contributed by atoms with Gasteiger partial charge in [0.15, 0.2) is 0 Å². The highest BCUT2D eigenvalue weighted by Gasteiger charge is 2.20. The van der Waals surface area contributed by atoms with Gasteiger partial charge in [0.2, 0.25) is 0 Å². The van der Waals surface area contributed by atoms with Crippen molar-refractivity contribution < 1.29 is 4.74 Å². The van der Waals surface area contributed by atoms with Crippen LogP contribution in [0.3, 0.4) is 0 Å². The van der Waals surface area contributed by atoms with Crippen molar-refractivity contribution in [1.29, 1.82) is 0 Å². The van der Waals surface area contributed by atoms with Crippen LogP contribution >= 0.6 is 0 Å². The topological polar surface area (TPSA) is 33.3 Å². The van der Waals surface area contributed by atoms with E-state index in [-0.39, 0.29) is 6.10 Å². The zero-order valence-corrected chi connectivity index (χ0v) is 11.6. The Morgan fingerprint density at radius 2 is 1.83 bits per heavy atom. The molecule has 100 valence electrons. The van der Waals surface area contributed by atoms with E-state index in [9.17, 15) is 0 Å². The molecule has 3 heteroatoms. The molecular weight excluding hydrogens is 224 g/mol. The zero-order chi connectivity index (χ0) is 13.0. The molecule has 1 saturated heterocycles. The summed E-state index contributed by atoms with van der Waals surface area (Å²) in [4.78, 5) is 0. The molecule has 2 unspecified atom stereocenters. The van der Waals surface area contributed by atoms with Gasteiger partial charge in [-0.3, -0.25) is 0 Å². The van der Waals surface area contributed by atoms with Crippen LogP contribution in [0.25, 0.3) is 0 Å². The van der Waals surface area contributed by atoms with E-state index in [1.807, 2.05) is 13.8 Å². The lowest BCUT2D eigenvalue weighted by atomic mass is 9.99. The van der Waals surface area contributed by atoms with Gasteiger partial charge in [-0.25, -0.2) is 0 Å². The Bertz CT molecular complexity index is 361. The lowest BCUT2D eigenvalue weighted by molar-refractivity contribution is 0.242. The first-order chi connectivity index (χ1) is 8.65. The third-order valence-corrected chi connectivity index (χ3v) is 3.35. The van der Waals surface area contributed by atoms with Crippen LogP contribution in [0.5, 0.6) is 5.75 Å². The van der Waals surface area contributed by atoms with Crippen molar-refractivity contribution in [1.82, 2.24) is 10.6 Å². The monoisotopic (exact) mass is 248 g/mol. The average Bonchev–Trinajstić information content (AvgIpc) is 2.34. The van der Waals surface area contributed by atoms with E-state index in [2.05, 4.69) is 41.8 Å². The van der Waals surface area contributed by atoms with Crippen LogP contribution in [0.15, 0.2) is 24.3 Å². The van der Waals surface area contributed by atoms with Gasteiger partial charge in [-0.05, 0) is 44.9 Å². The Balaban J connectivity index is 1.93. The number of hydrogen-bond donors (Lipinski definition) is 2. The van der Waals surface area contributed by atoms with Crippen molar-refractivity contribution in [3.8, 4) is 5.75 Å². The Labute approximate surface area is 110 Å². The summed E-state index contributed by atoms with van der Waals surface area (Å²) in [6, 6.07) is 9.52. The average molecular weight is 248 g/mol. The third-order valence-electron chi connectivity index (χ3n) is 3.35. The predicted molar refractivity (Wildman–Crippen MR) is 75.2 cm³/mol. The molecule has 0 radical (unpaired) electrons. The number of ether oxygens (including phenoxy) is 1. The van der Waals surface area contributed by atoms with E-state index in [1.54, 1.807) is 0 Å². The smallest absolute Gasteiger partial charge is 0.119 e. The van der Waals surface area contributed by atoms with Gasteiger partial charge in [0.1, 0.15) is 5.75 Å². The van der Waals surface area contributed by atoms with Gasteiger partial charge in [0, 0.05) is 25.2 Å². The largest absolute Gasteiger partial charge is 0.491 e. The minimum absolute atomic E-state index is 0.236. The molecule has 0 amide bonds. The van der Waals surface area contributed by atoms with Gasteiger partial charge in [-0.1, -0.05) is 12.1 Å². The third kappa shape index (κ3) is 3.72. The molecule has 1 heterocycles. The summed E-state index contributed by atoms with van der Waals surface area (Å²) in [6.07, 6.45) is 1.30. The Morgan fingerprint density at radius 1 is 1.17 bits per heavy atom. The van der Waals surface area contributed by atoms with E-state index in [4.69, 9.17) is 4.74 Å². The molecule has 2 N–H and O–H groups in total. The summed E-state index contributed by atoms with van der Waals surface area (Å²) in [5, 5.41) is 7.07. The first-order valence-corrected chi connectivity index (χ1v) is 6.87. The van der Waals surface area contributed by atoms with Crippen molar-refractivity contribution in [2.24, 2.45) is 0 Å². The second kappa shape index (κ2) is 6.21. The predicted octanol–water partition coefficient (Wildman–Crippen LogP) is 1.97. The van der Waals surface area contributed by atoms with Crippen molar-refractivity contribution in [3.63, 3.8) is 0 Å². The highest BCUT2D eigenvalue weighted by Crippen LogP contribution is 2.16. The van der Waals surface area contributed by atoms with Gasteiger partial charge >= 0.3 is 0 Å². The van der Waals surface area contributed by atoms with Crippen LogP contribution in [0, 0.1) is 0 Å². The molecule has 0 saturated carbocycles. The summed E-state index contributed by atoms with van der Waals surface area (Å²) < 4.78 is 5.65. The maximum absolute atomic E-state index is 5.65. The fourth-order valence-electron chi connectivity index (χ4n) is 2.36. The highest BCUT2D eigenvalue weighted by atomic mass is 16.5. The molecule has 1 aliphatic heterocycles. The minimum atomic E-state index is 0.236. The molecule has 18 heavy (non-hydrogen) atoms. The standard InChI is InChI=1S/C15H24N2O/c1-11(2)18-14-6-4-13(5-7-14)10-15-12(3)16-8-9-17-15/h4-7,11-12,15-17H,8-10H2,1-3H3. The molecule has 2 rings (SSSR count). The van der Waals surface area contributed by atoms with E-state index >= 15 is 0 Å². The van der Waals surface area contributed by atoms with Gasteiger partial charge in [-0.2, -0.15) is 0 Å². The van der Waals surface area contributed by atoms with Crippen LogP contribution in [-0.2, 0) is 6.42 Å². The quantitative estimate of drug-likeness (QED) is 0.854. The van der Waals surface area contributed by atoms with Crippen molar-refractivity contribution in [2.75, 3.05) is 13.1 Å². The number of rotatable bonds is 4. The van der Waals surface area contributed by atoms with Crippen molar-refractivity contribution in [3.05, 3.63) is 29.8 Å². The molecule has 1 aliphatic rings. The Hall–Kier alpha value is -1.06. The summed E-state index contributed by atoms with van der Waals surface area (Å²) in [7, 11) is 0. The molecule has 1 fully saturated rings. The maximum Gasteiger partial charge on any atom is 0.119 e. The van der Waals surface area contributed by atoms with Crippen molar-refractivity contribution in [2.45, 2.75) is 45.4 Å². The molecule has 1 aromatic rings. The lowest BCUT2D eigenvalue weighted by Crippen LogP contribution is -2.55. The Morgan fingerprint density at radius 3 is 2.44 bits per heavy atom. The van der Waals surface area contributed by atoms with E-state index in [0.29, 0.717) is 12.1 Å². The summed E-state index contributed by atoms with van der Waals surface area (Å²) in [5.41, 5.74) is 1.36. The molecule has 0 bridgehead atoms. The summed E-state index contributed by atoms with van der Waals surface area (Å²) in [5.74, 6) is 0.955. The summed E-state index contributed by atoms with van der Waals surface area (Å²) >= 11 is 0. The highest BCUT2D eigenvalue weighted by molar-refractivity contribution is 5.28. The first kappa shape index (κ1) is 13.4. The Kier molecular flexibility index (Phi) is 4.61. The molecular formula is C15H24N2O. The first-order valence-electron chi connectivity index (χ1n) is 6.87. The molecule has 0 spiro atoms. The van der Waals surface area contributed by atoms with Gasteiger partial charge in [-0.15, -0.1) is 0 Å². The minimum Gasteiger partial charge on any atom is -0.491 e. The van der Waals surface area contributed by atoms with E-state index in [0.717, 1.165) is 25.3 Å². The molecule has 2 atom stereocenters. The number of hydrogen-bond acceptors (Lipinski definition) is 3. The van der Waals surface area contributed by atoms with Crippen LogP contribution < -0.4 is 15.4 Å². The number of piperazine rings is 1. The van der Waals surface area contributed by atoms with E-state index in [1.165, 1.54) is 5.56 Å². The van der Waals surface area contributed by atoms with Gasteiger partial charge in [0.25, 0.3) is 0 Å². The summed E-state index contributed by atoms with van der Waals surface area (Å²) in [6.45, 7) is 8.47. The fraction of sp³-hybridized carbons (Fsp3) is 0.600. The molecule has 3 nitrogen and oxygen atoms in total. The van der Waals surface area contributed by atoms with Crippen molar-refractivity contribution >= 4 is 0 Å². The van der Waals surface area contributed by atoms with Gasteiger partial charge in [0.05, 0.1) is 6.10 Å². The number of benzene rings is 1. The molecule has 0 aromatic heterocycles. The van der Waals surface area contributed by atoms with E-state index < -0.39 is 0 Å². The molecule has 0 aliphatic carbocycles. The normalized spacial score (nSPS) is 24.2. The zero-order valence-electron chi connectivity index (χ0n) is 11.6. The van der Waals surface area contributed by atoms with Crippen LogP contribution in [0.4, 0.5) is 0 Å². The van der Waals surface area contributed by atoms with Crippen LogP contribution in [-0.4, -0.2) is 31.3 Å². The van der Waals surface area contributed by atoms with Gasteiger partial charge < -0.3 is 15.4 Å². The molecule has 1 aromatic carbocycles. The second-order valence-electron chi connectivity index (χ2n) is 5.32.